The molecule has 3 rings (SSSR count). The number of rotatable bonds is 10. The Morgan fingerprint density at radius 1 is 1.41 bits per heavy atom. The van der Waals surface area contributed by atoms with Gasteiger partial charge in [-0.05, 0) is 31.0 Å². The highest BCUT2D eigenvalue weighted by Gasteiger charge is 2.46. The maximum absolute atomic E-state index is 13.6. The maximum Gasteiger partial charge on any atom is 0.274 e. The molecule has 186 valence electrons. The second-order valence-electron chi connectivity index (χ2n) is 8.66. The molecular weight excluding hydrogens is 442 g/mol. The summed E-state index contributed by atoms with van der Waals surface area (Å²) in [5.74, 6) is -0.912. The second kappa shape index (κ2) is 11.5. The highest BCUT2D eigenvalue weighted by atomic mass is 16.5. The van der Waals surface area contributed by atoms with Crippen LogP contribution in [-0.4, -0.2) is 93.6 Å². The molecule has 1 aliphatic carbocycles. The monoisotopic (exact) mass is 475 g/mol. The number of hydrogen-bond acceptors (Lipinski definition) is 9. The number of carbonyl (C=O) groups is 2. The normalized spacial score (nSPS) is 27.1. The summed E-state index contributed by atoms with van der Waals surface area (Å²) in [6, 6.07) is -0.402. The van der Waals surface area contributed by atoms with E-state index in [1.165, 1.54) is 13.0 Å². The number of methoxy groups -OCH3 is 1. The van der Waals surface area contributed by atoms with Gasteiger partial charge in [0, 0.05) is 39.2 Å². The lowest BCUT2D eigenvalue weighted by Crippen LogP contribution is -2.53. The molecule has 1 fully saturated rings. The Morgan fingerprint density at radius 2 is 2.21 bits per heavy atom. The van der Waals surface area contributed by atoms with Crippen LogP contribution in [0.15, 0.2) is 45.5 Å². The lowest BCUT2D eigenvalue weighted by molar-refractivity contribution is -0.143. The third-order valence-corrected chi connectivity index (χ3v) is 6.48. The van der Waals surface area contributed by atoms with Gasteiger partial charge in [-0.1, -0.05) is 12.2 Å². The predicted molar refractivity (Wildman–Crippen MR) is 126 cm³/mol. The van der Waals surface area contributed by atoms with Crippen LogP contribution in [0.3, 0.4) is 0 Å². The number of aliphatic imine (C=N–C) groups is 1. The fourth-order valence-electron chi connectivity index (χ4n) is 4.28. The van der Waals surface area contributed by atoms with Crippen molar-refractivity contribution < 1.29 is 23.8 Å². The van der Waals surface area contributed by atoms with E-state index in [4.69, 9.17) is 19.9 Å². The van der Waals surface area contributed by atoms with Crippen LogP contribution in [0.4, 0.5) is 0 Å². The zero-order valence-corrected chi connectivity index (χ0v) is 19.9. The molecule has 0 radical (unpaired) electrons. The first-order valence-electron chi connectivity index (χ1n) is 11.3. The number of amides is 2. The molecule has 2 N–H and O–H groups in total. The molecule has 0 aromatic carbocycles. The summed E-state index contributed by atoms with van der Waals surface area (Å²) in [6.07, 6.45) is 7.09. The van der Waals surface area contributed by atoms with Gasteiger partial charge >= 0.3 is 0 Å². The number of hydrogen-bond donors (Lipinski definition) is 1. The van der Waals surface area contributed by atoms with E-state index >= 15 is 0 Å². The molecule has 0 saturated carbocycles. The largest absolute Gasteiger partial charge is 0.385 e. The summed E-state index contributed by atoms with van der Waals surface area (Å²) in [5, 5.41) is 2.97. The highest BCUT2D eigenvalue weighted by Crippen LogP contribution is 2.37. The predicted octanol–water partition coefficient (Wildman–Crippen LogP) is 0.965. The van der Waals surface area contributed by atoms with Gasteiger partial charge in [-0.3, -0.25) is 14.6 Å². The highest BCUT2D eigenvalue weighted by molar-refractivity contribution is 5.96. The lowest BCUT2D eigenvalue weighted by atomic mass is 9.77. The van der Waals surface area contributed by atoms with Gasteiger partial charge in [-0.2, -0.15) is 0 Å². The van der Waals surface area contributed by atoms with E-state index in [0.29, 0.717) is 38.4 Å². The number of nitroso groups, excluding NO2 is 1. The number of ether oxygens (including phenoxy) is 3. The van der Waals surface area contributed by atoms with Crippen molar-refractivity contribution in [1.29, 1.82) is 0 Å². The SMILES string of the molecule is COCCCC1=C(C(=O)N2CCOCC2COC2C=CC=C(N=O)C2(C)C(N)=O)N=CCN1C. The average molecular weight is 476 g/mol. The molecule has 0 aromatic rings. The Balaban J connectivity index is 1.77. The molecule has 3 atom stereocenters. The van der Waals surface area contributed by atoms with Gasteiger partial charge in [-0.15, -0.1) is 4.91 Å². The van der Waals surface area contributed by atoms with Crippen molar-refractivity contribution >= 4 is 18.0 Å². The molecule has 11 nitrogen and oxygen atoms in total. The van der Waals surface area contributed by atoms with Gasteiger partial charge in [0.2, 0.25) is 5.91 Å². The van der Waals surface area contributed by atoms with Crippen molar-refractivity contribution in [3.05, 3.63) is 40.2 Å². The summed E-state index contributed by atoms with van der Waals surface area (Å²) in [7, 11) is 3.59. The molecule has 3 unspecified atom stereocenters. The smallest absolute Gasteiger partial charge is 0.274 e. The van der Waals surface area contributed by atoms with E-state index in [2.05, 4.69) is 10.2 Å². The van der Waals surface area contributed by atoms with E-state index in [9.17, 15) is 14.5 Å². The van der Waals surface area contributed by atoms with Gasteiger partial charge < -0.3 is 29.7 Å². The first kappa shape index (κ1) is 25.7. The van der Waals surface area contributed by atoms with Gasteiger partial charge in [0.05, 0.1) is 38.5 Å². The van der Waals surface area contributed by atoms with Crippen molar-refractivity contribution in [2.24, 2.45) is 21.3 Å². The Bertz CT molecular complexity index is 914. The minimum atomic E-state index is -1.41. The second-order valence-corrected chi connectivity index (χ2v) is 8.66. The molecule has 11 heteroatoms. The van der Waals surface area contributed by atoms with Crippen LogP contribution in [0, 0.1) is 10.3 Å². The van der Waals surface area contributed by atoms with Gasteiger partial charge in [0.1, 0.15) is 16.8 Å². The summed E-state index contributed by atoms with van der Waals surface area (Å²) in [4.78, 5) is 45.2. The van der Waals surface area contributed by atoms with Gasteiger partial charge in [-0.25, -0.2) is 0 Å². The minimum Gasteiger partial charge on any atom is -0.385 e. The fourth-order valence-corrected chi connectivity index (χ4v) is 4.28. The van der Waals surface area contributed by atoms with Crippen LogP contribution in [-0.2, 0) is 23.8 Å². The molecule has 3 aliphatic rings. The number of nitrogens with two attached hydrogens (primary N) is 1. The quantitative estimate of drug-likeness (QED) is 0.367. The van der Waals surface area contributed by atoms with E-state index in [-0.39, 0.29) is 24.8 Å². The minimum absolute atomic E-state index is 0.00534. The summed E-state index contributed by atoms with van der Waals surface area (Å²) in [5.41, 5.74) is 5.48. The Hall–Kier alpha value is -2.89. The summed E-state index contributed by atoms with van der Waals surface area (Å²) < 4.78 is 16.8. The summed E-state index contributed by atoms with van der Waals surface area (Å²) >= 11 is 0. The van der Waals surface area contributed by atoms with Crippen molar-refractivity contribution in [3.63, 3.8) is 0 Å². The Morgan fingerprint density at radius 3 is 2.91 bits per heavy atom. The topological polar surface area (TPSA) is 136 Å². The number of primary amides is 1. The van der Waals surface area contributed by atoms with E-state index in [0.717, 1.165) is 12.1 Å². The van der Waals surface area contributed by atoms with Crippen LogP contribution in [0.5, 0.6) is 0 Å². The zero-order chi connectivity index (χ0) is 24.7. The molecule has 2 aliphatic heterocycles. The third-order valence-electron chi connectivity index (χ3n) is 6.48. The molecule has 2 heterocycles. The fraction of sp³-hybridized carbons (Fsp3) is 0.609. The summed E-state index contributed by atoms with van der Waals surface area (Å²) in [6.45, 7) is 3.90. The van der Waals surface area contributed by atoms with E-state index in [1.54, 1.807) is 30.4 Å². The molecular formula is C23H33N5O6. The van der Waals surface area contributed by atoms with Crippen LogP contribution < -0.4 is 5.73 Å². The maximum atomic E-state index is 13.6. The number of morpholine rings is 1. The molecule has 0 spiro atoms. The first-order chi connectivity index (χ1) is 16.3. The molecule has 0 bridgehead atoms. The number of nitrogens with zero attached hydrogens (tertiary/aromatic N) is 4. The Kier molecular flexibility index (Phi) is 8.70. The van der Waals surface area contributed by atoms with Crippen molar-refractivity contribution in [2.45, 2.75) is 31.9 Å². The lowest BCUT2D eigenvalue weighted by Gasteiger charge is -2.39. The molecule has 34 heavy (non-hydrogen) atoms. The number of carbonyl (C=O) groups excluding carboxylic acids is 2. The van der Waals surface area contributed by atoms with Gasteiger partial charge in [0.15, 0.2) is 0 Å². The molecule has 1 saturated heterocycles. The molecule has 2 amide bonds. The van der Waals surface area contributed by atoms with Crippen molar-refractivity contribution in [1.82, 2.24) is 9.80 Å². The van der Waals surface area contributed by atoms with Crippen LogP contribution in [0.25, 0.3) is 0 Å². The average Bonchev–Trinajstić information content (AvgIpc) is 2.84. The third kappa shape index (κ3) is 5.26. The van der Waals surface area contributed by atoms with Crippen LogP contribution in [0.2, 0.25) is 0 Å². The van der Waals surface area contributed by atoms with Crippen molar-refractivity contribution in [3.8, 4) is 0 Å². The molecule has 0 aromatic heterocycles. The van der Waals surface area contributed by atoms with Gasteiger partial charge in [0.25, 0.3) is 5.91 Å². The zero-order valence-electron chi connectivity index (χ0n) is 19.9. The van der Waals surface area contributed by atoms with Crippen LogP contribution in [0.1, 0.15) is 19.8 Å². The Labute approximate surface area is 199 Å². The number of allylic oxidation sites excluding steroid dienone is 3. The van der Waals surface area contributed by atoms with Crippen LogP contribution >= 0.6 is 0 Å². The van der Waals surface area contributed by atoms with E-state index < -0.39 is 23.5 Å². The van der Waals surface area contributed by atoms with Crippen molar-refractivity contribution in [2.75, 3.05) is 53.7 Å². The first-order valence-corrected chi connectivity index (χ1v) is 11.3. The standard InChI is InChI=1S/C23H33N5O6/c1-23(22(24)30)18(26-31)7-4-8-19(23)34-15-16-14-33-13-11-28(16)21(29)20-17(6-5-12-32-3)27(2)10-9-25-20/h4,7-9,16,19H,5-6,10-15H2,1-3H3,(H2,24,30). The van der Waals surface area contributed by atoms with E-state index in [1.807, 2.05) is 11.9 Å².